The zero-order valence-electron chi connectivity index (χ0n) is 13.2. The molecule has 0 spiro atoms. The van der Waals surface area contributed by atoms with Gasteiger partial charge in [-0.1, -0.05) is 47.6 Å². The summed E-state index contributed by atoms with van der Waals surface area (Å²) < 4.78 is 5.81. The average molecular weight is 334 g/mol. The van der Waals surface area contributed by atoms with Crippen molar-refractivity contribution in [3.05, 3.63) is 88.2 Å². The molecule has 0 radical (unpaired) electrons. The molecule has 6 heteroatoms. The molecule has 4 rings (SSSR count). The van der Waals surface area contributed by atoms with Crippen LogP contribution in [0.1, 0.15) is 23.8 Å². The maximum absolute atomic E-state index is 11.2. The van der Waals surface area contributed by atoms with Gasteiger partial charge in [0.2, 0.25) is 0 Å². The number of hydrogen-bond donors (Lipinski definition) is 0. The van der Waals surface area contributed by atoms with Gasteiger partial charge in [-0.25, -0.2) is 0 Å². The van der Waals surface area contributed by atoms with Crippen molar-refractivity contribution in [2.75, 3.05) is 0 Å². The summed E-state index contributed by atoms with van der Waals surface area (Å²) >= 11 is 0. The number of furan rings is 1. The number of rotatable bonds is 4. The van der Waals surface area contributed by atoms with E-state index >= 15 is 0 Å². The van der Waals surface area contributed by atoms with Gasteiger partial charge in [0.05, 0.1) is 10.5 Å². The molecule has 1 aliphatic rings. The van der Waals surface area contributed by atoms with Crippen LogP contribution in [-0.2, 0) is 4.84 Å². The smallest absolute Gasteiger partial charge is 0.280 e. The van der Waals surface area contributed by atoms with Crippen molar-refractivity contribution >= 4 is 11.4 Å². The first-order valence-corrected chi connectivity index (χ1v) is 7.84. The van der Waals surface area contributed by atoms with E-state index in [-0.39, 0.29) is 11.8 Å². The fourth-order valence-electron chi connectivity index (χ4n) is 2.85. The van der Waals surface area contributed by atoms with Crippen molar-refractivity contribution in [2.45, 2.75) is 12.5 Å². The molecule has 0 fully saturated rings. The van der Waals surface area contributed by atoms with Gasteiger partial charge in [0, 0.05) is 12.5 Å². The minimum Gasteiger partial charge on any atom is -0.454 e. The number of nitrogens with zero attached hydrogens (tertiary/aromatic N) is 2. The van der Waals surface area contributed by atoms with E-state index in [0.717, 1.165) is 5.56 Å². The number of para-hydroxylation sites is 1. The van der Waals surface area contributed by atoms with Crippen LogP contribution in [0.2, 0.25) is 0 Å². The normalized spacial score (nSPS) is 16.3. The molecule has 0 bridgehead atoms. The van der Waals surface area contributed by atoms with E-state index in [4.69, 9.17) is 9.25 Å². The lowest BCUT2D eigenvalue weighted by molar-refractivity contribution is -0.384. The molecular formula is C19H14N2O4. The fraction of sp³-hybridized carbons (Fsp3) is 0.105. The number of nitro benzene ring substituents is 1. The van der Waals surface area contributed by atoms with Crippen LogP contribution < -0.4 is 0 Å². The molecule has 0 aliphatic carbocycles. The van der Waals surface area contributed by atoms with Gasteiger partial charge < -0.3 is 9.25 Å². The number of nitro groups is 1. The molecule has 1 atom stereocenters. The first-order valence-electron chi connectivity index (χ1n) is 7.84. The van der Waals surface area contributed by atoms with Crippen molar-refractivity contribution in [3.8, 4) is 11.3 Å². The van der Waals surface area contributed by atoms with Gasteiger partial charge in [-0.3, -0.25) is 10.1 Å². The summed E-state index contributed by atoms with van der Waals surface area (Å²) in [6.07, 6.45) is 0.448. The molecule has 124 valence electrons. The summed E-state index contributed by atoms with van der Waals surface area (Å²) in [5, 5.41) is 15.3. The summed E-state index contributed by atoms with van der Waals surface area (Å²) in [6.45, 7) is 0. The predicted octanol–water partition coefficient (Wildman–Crippen LogP) is 4.72. The Labute approximate surface area is 143 Å². The predicted molar refractivity (Wildman–Crippen MR) is 92.2 cm³/mol. The van der Waals surface area contributed by atoms with Crippen LogP contribution in [0.15, 0.2) is 76.3 Å². The van der Waals surface area contributed by atoms with Crippen molar-refractivity contribution in [1.82, 2.24) is 0 Å². The highest BCUT2D eigenvalue weighted by Gasteiger charge is 2.26. The van der Waals surface area contributed by atoms with Crippen LogP contribution in [0.25, 0.3) is 11.3 Å². The van der Waals surface area contributed by atoms with Crippen LogP contribution in [0.4, 0.5) is 5.69 Å². The topological polar surface area (TPSA) is 77.9 Å². The second-order valence-electron chi connectivity index (χ2n) is 5.68. The molecule has 0 amide bonds. The number of oxime groups is 1. The Balaban J connectivity index is 1.58. The third-order valence-corrected chi connectivity index (χ3v) is 4.10. The molecular weight excluding hydrogens is 320 g/mol. The largest absolute Gasteiger partial charge is 0.454 e. The molecule has 1 unspecified atom stereocenters. The van der Waals surface area contributed by atoms with E-state index in [1.807, 2.05) is 30.3 Å². The van der Waals surface area contributed by atoms with Gasteiger partial charge in [-0.15, -0.1) is 0 Å². The van der Waals surface area contributed by atoms with Crippen LogP contribution in [-0.4, -0.2) is 10.6 Å². The van der Waals surface area contributed by atoms with E-state index in [9.17, 15) is 10.1 Å². The summed E-state index contributed by atoms with van der Waals surface area (Å²) in [4.78, 5) is 16.3. The van der Waals surface area contributed by atoms with Crippen molar-refractivity contribution in [2.24, 2.45) is 5.16 Å². The molecule has 2 aromatic carbocycles. The second kappa shape index (κ2) is 6.24. The quantitative estimate of drug-likeness (QED) is 0.511. The minimum atomic E-state index is -0.418. The Bertz CT molecular complexity index is 947. The molecule has 0 saturated heterocycles. The average Bonchev–Trinajstić information content (AvgIpc) is 3.32. The molecule has 1 aromatic heterocycles. The zero-order valence-corrected chi connectivity index (χ0v) is 13.2. The second-order valence-corrected chi connectivity index (χ2v) is 5.68. The van der Waals surface area contributed by atoms with Crippen LogP contribution in [0.3, 0.4) is 0 Å². The van der Waals surface area contributed by atoms with E-state index in [0.29, 0.717) is 29.2 Å². The molecule has 0 saturated carbocycles. The van der Waals surface area contributed by atoms with E-state index in [2.05, 4.69) is 5.16 Å². The molecule has 25 heavy (non-hydrogen) atoms. The summed E-state index contributed by atoms with van der Waals surface area (Å²) in [5.74, 6) is 1.000. The van der Waals surface area contributed by atoms with Gasteiger partial charge >= 0.3 is 0 Å². The third-order valence-electron chi connectivity index (χ3n) is 4.10. The lowest BCUT2D eigenvalue weighted by Crippen LogP contribution is -2.00. The standard InChI is InChI=1S/C19H14N2O4/c22-21(23)16-9-5-4-8-14(16)17-10-11-18(24-17)15-12-19(25-20-15)13-6-2-1-3-7-13/h1-11,19H,12H2. The van der Waals surface area contributed by atoms with Gasteiger partial charge in [0.15, 0.2) is 11.9 Å². The highest BCUT2D eigenvalue weighted by molar-refractivity contribution is 5.99. The van der Waals surface area contributed by atoms with Gasteiger partial charge in [0.1, 0.15) is 11.5 Å². The number of hydrogen-bond acceptors (Lipinski definition) is 5. The van der Waals surface area contributed by atoms with E-state index < -0.39 is 4.92 Å². The Morgan fingerprint density at radius 3 is 2.48 bits per heavy atom. The van der Waals surface area contributed by atoms with Gasteiger partial charge in [-0.05, 0) is 23.8 Å². The van der Waals surface area contributed by atoms with Crippen molar-refractivity contribution in [1.29, 1.82) is 0 Å². The maximum atomic E-state index is 11.2. The van der Waals surface area contributed by atoms with Crippen LogP contribution >= 0.6 is 0 Å². The Morgan fingerprint density at radius 2 is 1.68 bits per heavy atom. The Kier molecular flexibility index (Phi) is 3.78. The summed E-state index contributed by atoms with van der Waals surface area (Å²) in [5.41, 5.74) is 2.19. The van der Waals surface area contributed by atoms with Gasteiger partial charge in [0.25, 0.3) is 5.69 Å². The maximum Gasteiger partial charge on any atom is 0.280 e. The summed E-state index contributed by atoms with van der Waals surface area (Å²) in [7, 11) is 0. The monoisotopic (exact) mass is 334 g/mol. The Morgan fingerprint density at radius 1 is 0.960 bits per heavy atom. The SMILES string of the molecule is O=[N+]([O-])c1ccccc1-c1ccc(C2=NOC(c3ccccc3)C2)o1. The fourth-order valence-corrected chi connectivity index (χ4v) is 2.85. The lowest BCUT2D eigenvalue weighted by atomic mass is 10.0. The number of benzene rings is 2. The molecule has 1 aliphatic heterocycles. The van der Waals surface area contributed by atoms with E-state index in [1.165, 1.54) is 6.07 Å². The molecule has 0 N–H and O–H groups in total. The zero-order chi connectivity index (χ0) is 17.2. The minimum absolute atomic E-state index is 0.00942. The van der Waals surface area contributed by atoms with E-state index in [1.54, 1.807) is 30.3 Å². The molecule has 2 heterocycles. The highest BCUT2D eigenvalue weighted by Crippen LogP contribution is 2.34. The first kappa shape index (κ1) is 15.1. The van der Waals surface area contributed by atoms with Crippen molar-refractivity contribution < 1.29 is 14.2 Å². The summed E-state index contributed by atoms with van der Waals surface area (Å²) in [6, 6.07) is 19.8. The Hall–Kier alpha value is -3.41. The lowest BCUT2D eigenvalue weighted by Gasteiger charge is -2.06. The first-order chi connectivity index (χ1) is 12.2. The van der Waals surface area contributed by atoms with Crippen molar-refractivity contribution in [3.63, 3.8) is 0 Å². The highest BCUT2D eigenvalue weighted by atomic mass is 16.6. The van der Waals surface area contributed by atoms with Gasteiger partial charge in [-0.2, -0.15) is 0 Å². The third kappa shape index (κ3) is 2.89. The molecule has 3 aromatic rings. The van der Waals surface area contributed by atoms with Crippen LogP contribution in [0.5, 0.6) is 0 Å². The molecule has 6 nitrogen and oxygen atoms in total. The van der Waals surface area contributed by atoms with Crippen LogP contribution in [0, 0.1) is 10.1 Å².